The molecular weight excluding hydrogens is 266 g/mol. The minimum Gasteiger partial charge on any atom is -0.313 e. The van der Waals surface area contributed by atoms with Crippen LogP contribution in [0.15, 0.2) is 30.3 Å². The molecule has 0 spiro atoms. The highest BCUT2D eigenvalue weighted by Gasteiger charge is 2.32. The van der Waals surface area contributed by atoms with Gasteiger partial charge in [0.05, 0.1) is 5.25 Å². The van der Waals surface area contributed by atoms with E-state index in [2.05, 4.69) is 31.3 Å². The van der Waals surface area contributed by atoms with Gasteiger partial charge in [0, 0.05) is 22.6 Å². The first-order valence-electron chi connectivity index (χ1n) is 7.85. The molecule has 112 valence electrons. The molecule has 0 saturated heterocycles. The van der Waals surface area contributed by atoms with Crippen LogP contribution >= 0.6 is 0 Å². The number of hydrogen-bond donors (Lipinski definition) is 1. The van der Waals surface area contributed by atoms with Gasteiger partial charge < -0.3 is 5.32 Å². The second-order valence-corrected chi connectivity index (χ2v) is 7.68. The Bertz CT molecular complexity index is 418. The summed E-state index contributed by atoms with van der Waals surface area (Å²) in [6, 6.07) is 10.7. The summed E-state index contributed by atoms with van der Waals surface area (Å²) >= 11 is 0. The Hall–Kier alpha value is -0.670. The zero-order valence-electron chi connectivity index (χ0n) is 12.7. The lowest BCUT2D eigenvalue weighted by molar-refractivity contribution is 0.313. The van der Waals surface area contributed by atoms with Crippen molar-refractivity contribution in [2.45, 2.75) is 56.6 Å². The molecular formula is C17H27NOS. The summed E-state index contributed by atoms with van der Waals surface area (Å²) in [7, 11) is -0.774. The van der Waals surface area contributed by atoms with Crippen LogP contribution in [-0.4, -0.2) is 22.0 Å². The number of rotatable bonds is 6. The van der Waals surface area contributed by atoms with E-state index in [-0.39, 0.29) is 0 Å². The second-order valence-electron chi connectivity index (χ2n) is 6.03. The lowest BCUT2D eigenvalue weighted by atomic mass is 9.87. The largest absolute Gasteiger partial charge is 0.313 e. The predicted molar refractivity (Wildman–Crippen MR) is 87.2 cm³/mol. The third-order valence-corrected chi connectivity index (χ3v) is 6.01. The highest BCUT2D eigenvalue weighted by atomic mass is 32.2. The highest BCUT2D eigenvalue weighted by molar-refractivity contribution is 7.84. The third kappa shape index (κ3) is 4.42. The summed E-state index contributed by atoms with van der Waals surface area (Å²) in [5.41, 5.74) is 1.19. The van der Waals surface area contributed by atoms with Crippen molar-refractivity contribution in [1.29, 1.82) is 0 Å². The first kappa shape index (κ1) is 15.7. The summed E-state index contributed by atoms with van der Waals surface area (Å²) < 4.78 is 12.8. The zero-order chi connectivity index (χ0) is 14.4. The summed E-state index contributed by atoms with van der Waals surface area (Å²) in [5, 5.41) is 3.93. The molecule has 1 N–H and O–H groups in total. The van der Waals surface area contributed by atoms with Crippen molar-refractivity contribution in [3.8, 4) is 0 Å². The van der Waals surface area contributed by atoms with Gasteiger partial charge in [0.25, 0.3) is 0 Å². The number of benzene rings is 1. The molecule has 0 aromatic heterocycles. The van der Waals surface area contributed by atoms with Crippen LogP contribution in [-0.2, 0) is 16.6 Å². The molecule has 1 aliphatic carbocycles. The molecule has 1 aromatic rings. The molecule has 0 radical (unpaired) electrons. The zero-order valence-corrected chi connectivity index (χ0v) is 13.5. The Kier molecular flexibility index (Phi) is 6.24. The lowest BCUT2D eigenvalue weighted by Crippen LogP contribution is -2.46. The summed E-state index contributed by atoms with van der Waals surface area (Å²) in [5.74, 6) is 1.40. The molecule has 1 aromatic carbocycles. The Morgan fingerprint density at radius 1 is 1.25 bits per heavy atom. The van der Waals surface area contributed by atoms with Crippen molar-refractivity contribution in [3.63, 3.8) is 0 Å². The fourth-order valence-corrected chi connectivity index (χ4v) is 4.90. The van der Waals surface area contributed by atoms with Gasteiger partial charge in [-0.1, -0.05) is 44.2 Å². The smallest absolute Gasteiger partial charge is 0.0507 e. The van der Waals surface area contributed by atoms with E-state index in [9.17, 15) is 4.21 Å². The Morgan fingerprint density at radius 3 is 2.70 bits per heavy atom. The normalized spacial score (nSPS) is 28.2. The van der Waals surface area contributed by atoms with Crippen molar-refractivity contribution in [2.24, 2.45) is 5.92 Å². The molecule has 1 aliphatic rings. The molecule has 4 unspecified atom stereocenters. The van der Waals surface area contributed by atoms with Gasteiger partial charge >= 0.3 is 0 Å². The standard InChI is InChI=1S/C17H27NOS/c1-3-11-18-16-10-9-14(2)12-17(16)20(19)13-15-7-5-4-6-8-15/h4-8,14,16-18H,3,9-13H2,1-2H3. The maximum absolute atomic E-state index is 12.8. The van der Waals surface area contributed by atoms with Crippen LogP contribution in [0.5, 0.6) is 0 Å². The average molecular weight is 293 g/mol. The van der Waals surface area contributed by atoms with E-state index in [0.29, 0.717) is 23.0 Å². The van der Waals surface area contributed by atoms with E-state index < -0.39 is 10.8 Å². The van der Waals surface area contributed by atoms with E-state index >= 15 is 0 Å². The van der Waals surface area contributed by atoms with Crippen LogP contribution < -0.4 is 5.32 Å². The molecule has 0 aliphatic heterocycles. The Morgan fingerprint density at radius 2 is 2.00 bits per heavy atom. The summed E-state index contributed by atoms with van der Waals surface area (Å²) in [4.78, 5) is 0. The van der Waals surface area contributed by atoms with E-state index in [4.69, 9.17) is 0 Å². The highest BCUT2D eigenvalue weighted by Crippen LogP contribution is 2.28. The molecule has 0 amide bonds. The van der Waals surface area contributed by atoms with Crippen LogP contribution in [0.25, 0.3) is 0 Å². The molecule has 0 heterocycles. The molecule has 2 nitrogen and oxygen atoms in total. The monoisotopic (exact) mass is 293 g/mol. The number of hydrogen-bond acceptors (Lipinski definition) is 2. The number of nitrogens with one attached hydrogen (secondary N) is 1. The maximum atomic E-state index is 12.8. The fourth-order valence-electron chi connectivity index (χ4n) is 3.03. The first-order valence-corrected chi connectivity index (χ1v) is 9.23. The quantitative estimate of drug-likeness (QED) is 0.870. The van der Waals surface area contributed by atoms with Crippen molar-refractivity contribution < 1.29 is 4.21 Å². The van der Waals surface area contributed by atoms with Crippen LogP contribution in [0.2, 0.25) is 0 Å². The van der Waals surface area contributed by atoms with Gasteiger partial charge in [-0.15, -0.1) is 0 Å². The van der Waals surface area contributed by atoms with Gasteiger partial charge in [0.2, 0.25) is 0 Å². The molecule has 0 bridgehead atoms. The fraction of sp³-hybridized carbons (Fsp3) is 0.647. The minimum absolute atomic E-state index is 0.311. The molecule has 1 saturated carbocycles. The summed E-state index contributed by atoms with van der Waals surface area (Å²) in [6.45, 7) is 5.52. The predicted octanol–water partition coefficient (Wildman–Crippen LogP) is 3.49. The Balaban J connectivity index is 1.99. The van der Waals surface area contributed by atoms with Gasteiger partial charge in [0.15, 0.2) is 0 Å². The Labute approximate surface area is 125 Å². The van der Waals surface area contributed by atoms with E-state index in [0.717, 1.165) is 19.4 Å². The van der Waals surface area contributed by atoms with Crippen molar-refractivity contribution in [2.75, 3.05) is 6.54 Å². The summed E-state index contributed by atoms with van der Waals surface area (Å²) in [6.07, 6.45) is 4.68. The van der Waals surface area contributed by atoms with Crippen molar-refractivity contribution >= 4 is 10.8 Å². The van der Waals surface area contributed by atoms with E-state index in [1.807, 2.05) is 18.2 Å². The van der Waals surface area contributed by atoms with Crippen LogP contribution in [0.4, 0.5) is 0 Å². The van der Waals surface area contributed by atoms with Gasteiger partial charge in [-0.05, 0) is 43.7 Å². The van der Waals surface area contributed by atoms with Gasteiger partial charge in [-0.25, -0.2) is 0 Å². The molecule has 3 heteroatoms. The van der Waals surface area contributed by atoms with Crippen LogP contribution in [0.3, 0.4) is 0 Å². The average Bonchev–Trinajstić information content (AvgIpc) is 2.47. The lowest BCUT2D eigenvalue weighted by Gasteiger charge is -2.35. The molecule has 20 heavy (non-hydrogen) atoms. The SMILES string of the molecule is CCCNC1CCC(C)CC1S(=O)Cc1ccccc1. The van der Waals surface area contributed by atoms with E-state index in [1.54, 1.807) is 0 Å². The first-order chi connectivity index (χ1) is 9.70. The topological polar surface area (TPSA) is 29.1 Å². The second kappa shape index (κ2) is 7.94. The van der Waals surface area contributed by atoms with Gasteiger partial charge in [-0.3, -0.25) is 4.21 Å². The molecule has 2 rings (SSSR count). The van der Waals surface area contributed by atoms with Crippen LogP contribution in [0, 0.1) is 5.92 Å². The maximum Gasteiger partial charge on any atom is 0.0507 e. The van der Waals surface area contributed by atoms with Crippen molar-refractivity contribution in [1.82, 2.24) is 5.32 Å². The van der Waals surface area contributed by atoms with E-state index in [1.165, 1.54) is 18.4 Å². The van der Waals surface area contributed by atoms with Crippen LogP contribution in [0.1, 0.15) is 45.1 Å². The molecule has 1 fully saturated rings. The van der Waals surface area contributed by atoms with Gasteiger partial charge in [-0.2, -0.15) is 0 Å². The van der Waals surface area contributed by atoms with Crippen molar-refractivity contribution in [3.05, 3.63) is 35.9 Å². The molecule has 4 atom stereocenters. The minimum atomic E-state index is -0.774. The third-order valence-electron chi connectivity index (χ3n) is 4.20. The van der Waals surface area contributed by atoms with Gasteiger partial charge in [0.1, 0.15) is 0 Å².